The van der Waals surface area contributed by atoms with E-state index in [2.05, 4.69) is 4.99 Å². The van der Waals surface area contributed by atoms with Crippen LogP contribution >= 0.6 is 0 Å². The molecular formula is C11H8F10N2O2. The number of carbonyl (C=O) groups is 1. The lowest BCUT2D eigenvalue weighted by Gasteiger charge is -2.41. The first-order valence-corrected chi connectivity index (χ1v) is 6.15. The molecule has 25 heavy (non-hydrogen) atoms. The number of aliphatic carboxylic acids is 1. The van der Waals surface area contributed by atoms with Gasteiger partial charge in [-0.3, -0.25) is 0 Å². The average Bonchev–Trinajstić information content (AvgIpc) is 2.43. The summed E-state index contributed by atoms with van der Waals surface area (Å²) in [5.41, 5.74) is -8.63. The Labute approximate surface area is 132 Å². The van der Waals surface area contributed by atoms with Crippen molar-refractivity contribution in [3.05, 3.63) is 11.8 Å². The molecule has 1 atom stereocenters. The van der Waals surface area contributed by atoms with Crippen LogP contribution in [0.1, 0.15) is 13.3 Å². The molecule has 14 heteroatoms. The smallest absolute Gasteiger partial charge is 0.459 e. The molecular weight excluding hydrogens is 382 g/mol. The highest BCUT2D eigenvalue weighted by atomic mass is 19.4. The van der Waals surface area contributed by atoms with Gasteiger partial charge in [-0.2, -0.15) is 43.9 Å². The van der Waals surface area contributed by atoms with Crippen LogP contribution in [0.15, 0.2) is 16.8 Å². The molecule has 1 aliphatic rings. The van der Waals surface area contributed by atoms with Crippen LogP contribution in [0.25, 0.3) is 0 Å². The van der Waals surface area contributed by atoms with Gasteiger partial charge < -0.3 is 10.4 Å². The maximum atomic E-state index is 13.7. The molecule has 0 saturated heterocycles. The van der Waals surface area contributed by atoms with E-state index in [0.717, 1.165) is 0 Å². The number of carboxylic acid groups (broad SMARTS) is 1. The van der Waals surface area contributed by atoms with Gasteiger partial charge in [0.05, 0.1) is 0 Å². The van der Waals surface area contributed by atoms with E-state index >= 15 is 0 Å². The molecule has 0 radical (unpaired) electrons. The topological polar surface area (TPSA) is 61.7 Å². The third kappa shape index (κ3) is 3.13. The van der Waals surface area contributed by atoms with Gasteiger partial charge in [-0.05, 0) is 6.42 Å². The Morgan fingerprint density at radius 1 is 1.08 bits per heavy atom. The van der Waals surface area contributed by atoms with Gasteiger partial charge in [0.25, 0.3) is 0 Å². The summed E-state index contributed by atoms with van der Waals surface area (Å²) in [4.78, 5) is 13.0. The molecule has 0 aromatic carbocycles. The second-order valence-corrected chi connectivity index (χ2v) is 4.83. The number of nitrogens with zero attached hydrogens (tertiary/aromatic N) is 1. The molecule has 144 valence electrons. The summed E-state index contributed by atoms with van der Waals surface area (Å²) in [5, 5.41) is 9.86. The van der Waals surface area contributed by atoms with Gasteiger partial charge in [0.1, 0.15) is 11.3 Å². The quantitative estimate of drug-likeness (QED) is 0.723. The van der Waals surface area contributed by atoms with Gasteiger partial charge in [0, 0.05) is 6.20 Å². The minimum atomic E-state index is -6.48. The predicted octanol–water partition coefficient (Wildman–Crippen LogP) is 3.50. The van der Waals surface area contributed by atoms with Gasteiger partial charge in [-0.25, -0.2) is 9.79 Å². The van der Waals surface area contributed by atoms with E-state index in [4.69, 9.17) is 5.11 Å². The van der Waals surface area contributed by atoms with E-state index in [-0.39, 0.29) is 6.20 Å². The van der Waals surface area contributed by atoms with Crippen LogP contribution in [0.2, 0.25) is 0 Å². The largest absolute Gasteiger partial charge is 0.478 e. The van der Waals surface area contributed by atoms with Gasteiger partial charge in [-0.1, -0.05) is 6.92 Å². The maximum Gasteiger partial charge on any atom is 0.459 e. The van der Waals surface area contributed by atoms with Gasteiger partial charge in [0.2, 0.25) is 5.66 Å². The van der Waals surface area contributed by atoms with Gasteiger partial charge in [-0.15, -0.1) is 0 Å². The van der Waals surface area contributed by atoms with Crippen LogP contribution in [0.5, 0.6) is 0 Å². The van der Waals surface area contributed by atoms with Gasteiger partial charge >= 0.3 is 30.2 Å². The van der Waals surface area contributed by atoms with Crippen LogP contribution in [0.3, 0.4) is 0 Å². The molecule has 1 aliphatic heterocycles. The first-order chi connectivity index (χ1) is 10.9. The minimum Gasteiger partial charge on any atom is -0.478 e. The van der Waals surface area contributed by atoms with Crippen LogP contribution in [0.4, 0.5) is 43.9 Å². The number of halogens is 10. The Kier molecular flexibility index (Phi) is 4.84. The number of rotatable bonds is 4. The zero-order valence-electron chi connectivity index (χ0n) is 11.9. The van der Waals surface area contributed by atoms with Crippen molar-refractivity contribution in [2.24, 2.45) is 4.99 Å². The van der Waals surface area contributed by atoms with Crippen molar-refractivity contribution in [3.63, 3.8) is 0 Å². The van der Waals surface area contributed by atoms with Crippen molar-refractivity contribution in [2.75, 3.05) is 0 Å². The predicted molar refractivity (Wildman–Crippen MR) is 61.3 cm³/mol. The van der Waals surface area contributed by atoms with E-state index in [9.17, 15) is 48.7 Å². The van der Waals surface area contributed by atoms with Crippen LogP contribution in [0, 0.1) is 0 Å². The first kappa shape index (κ1) is 21.0. The molecule has 4 nitrogen and oxygen atoms in total. The molecule has 1 heterocycles. The molecule has 0 saturated carbocycles. The second-order valence-electron chi connectivity index (χ2n) is 4.83. The van der Waals surface area contributed by atoms with Crippen molar-refractivity contribution in [3.8, 4) is 0 Å². The molecule has 1 unspecified atom stereocenters. The fraction of sp³-hybridized carbons (Fsp3) is 0.636. The molecule has 0 aromatic rings. The Balaban J connectivity index is 3.72. The number of carboxylic acids is 1. The highest BCUT2D eigenvalue weighted by Crippen LogP contribution is 2.48. The number of nitrogens with one attached hydrogen (secondary N) is 1. The third-order valence-corrected chi connectivity index (χ3v) is 3.28. The summed E-state index contributed by atoms with van der Waals surface area (Å²) in [7, 11) is 0. The van der Waals surface area contributed by atoms with Crippen LogP contribution in [-0.2, 0) is 4.79 Å². The fourth-order valence-corrected chi connectivity index (χ4v) is 1.88. The third-order valence-electron chi connectivity index (χ3n) is 3.28. The van der Waals surface area contributed by atoms with Crippen LogP contribution in [-0.4, -0.2) is 46.6 Å². The molecule has 0 bridgehead atoms. The van der Waals surface area contributed by atoms with Crippen molar-refractivity contribution in [2.45, 2.75) is 43.2 Å². The Bertz CT molecular complexity index is 619. The standard InChI is InChI=1S/C11H8F10N2O2/c1-2-7(9(14,15)11(19,20)21)22-3-4(6(24)25)5(23-7)8(12,13)10(16,17)18/h3,22H,2H2,1H3,(H,24,25). The number of alkyl halides is 10. The number of aliphatic imine (C=N–C) groups is 1. The maximum absolute atomic E-state index is 13.7. The summed E-state index contributed by atoms with van der Waals surface area (Å²) >= 11 is 0. The Morgan fingerprint density at radius 3 is 1.88 bits per heavy atom. The van der Waals surface area contributed by atoms with Crippen LogP contribution < -0.4 is 5.32 Å². The number of hydrogen-bond acceptors (Lipinski definition) is 3. The van der Waals surface area contributed by atoms with E-state index in [0.29, 0.717) is 6.92 Å². The number of hydrogen-bond donors (Lipinski definition) is 2. The van der Waals surface area contributed by atoms with Crippen molar-refractivity contribution < 1.29 is 53.8 Å². The molecule has 0 spiro atoms. The monoisotopic (exact) mass is 390 g/mol. The lowest BCUT2D eigenvalue weighted by atomic mass is 9.93. The molecule has 0 fully saturated rings. The van der Waals surface area contributed by atoms with Crippen molar-refractivity contribution >= 4 is 11.7 Å². The lowest BCUT2D eigenvalue weighted by Crippen LogP contribution is -2.65. The molecule has 1 rings (SSSR count). The van der Waals surface area contributed by atoms with Gasteiger partial charge in [0.15, 0.2) is 0 Å². The molecule has 2 N–H and O–H groups in total. The highest BCUT2D eigenvalue weighted by Gasteiger charge is 2.72. The fourth-order valence-electron chi connectivity index (χ4n) is 1.88. The normalized spacial score (nSPS) is 22.8. The lowest BCUT2D eigenvalue weighted by molar-refractivity contribution is -0.310. The van der Waals surface area contributed by atoms with E-state index in [1.165, 1.54) is 5.32 Å². The molecule has 0 aromatic heterocycles. The molecule has 0 aliphatic carbocycles. The van der Waals surface area contributed by atoms with Crippen molar-refractivity contribution in [1.82, 2.24) is 5.32 Å². The average molecular weight is 390 g/mol. The summed E-state index contributed by atoms with van der Waals surface area (Å²) in [5.74, 6) is -14.4. The summed E-state index contributed by atoms with van der Waals surface area (Å²) in [6, 6.07) is 0. The SMILES string of the molecule is CCC1(C(F)(F)C(F)(F)F)N=C(C(F)(F)C(F)(F)F)C(C(=O)O)=CN1. The zero-order valence-corrected chi connectivity index (χ0v) is 11.9. The second kappa shape index (κ2) is 5.76. The highest BCUT2D eigenvalue weighted by molar-refractivity contribution is 6.22. The summed E-state index contributed by atoms with van der Waals surface area (Å²) in [6.07, 6.45) is -14.5. The summed E-state index contributed by atoms with van der Waals surface area (Å²) in [6.45, 7) is 0.610. The summed E-state index contributed by atoms with van der Waals surface area (Å²) < 4.78 is 129. The zero-order chi connectivity index (χ0) is 20.1. The first-order valence-electron chi connectivity index (χ1n) is 6.15. The van der Waals surface area contributed by atoms with E-state index in [1.807, 2.05) is 0 Å². The van der Waals surface area contributed by atoms with E-state index in [1.54, 1.807) is 0 Å². The molecule has 0 amide bonds. The van der Waals surface area contributed by atoms with E-state index < -0.39 is 53.5 Å². The minimum absolute atomic E-state index is 0.284. The Hall–Kier alpha value is -2.02. The van der Waals surface area contributed by atoms with Crippen molar-refractivity contribution in [1.29, 1.82) is 0 Å². The Morgan fingerprint density at radius 2 is 1.56 bits per heavy atom.